The summed E-state index contributed by atoms with van der Waals surface area (Å²) in [5.74, 6) is 1.77. The van der Waals surface area contributed by atoms with Crippen LogP contribution in [-0.4, -0.2) is 6.61 Å². The molecule has 1 fully saturated rings. The second kappa shape index (κ2) is 7.37. The summed E-state index contributed by atoms with van der Waals surface area (Å²) in [6, 6.07) is 8.75. The van der Waals surface area contributed by atoms with Crippen LogP contribution in [0.4, 0.5) is 0 Å². The molecule has 1 aliphatic carbocycles. The van der Waals surface area contributed by atoms with Crippen molar-refractivity contribution in [1.29, 1.82) is 0 Å². The lowest BCUT2D eigenvalue weighted by Crippen LogP contribution is -2.04. The fraction of sp³-hybridized carbons (Fsp3) is 0.556. The molecule has 0 spiro atoms. The lowest BCUT2D eigenvalue weighted by atomic mass is 9.84. The zero-order valence-electron chi connectivity index (χ0n) is 12.3. The molecule has 0 N–H and O–H groups in total. The molecule has 1 aliphatic rings. The van der Waals surface area contributed by atoms with Crippen LogP contribution in [0, 0.1) is 0 Å². The van der Waals surface area contributed by atoms with E-state index in [4.69, 9.17) is 4.74 Å². The largest absolute Gasteiger partial charge is 0.490 e. The second-order valence-corrected chi connectivity index (χ2v) is 5.62. The Morgan fingerprint density at radius 2 is 1.84 bits per heavy atom. The van der Waals surface area contributed by atoms with Crippen molar-refractivity contribution in [2.45, 2.75) is 58.3 Å². The summed E-state index contributed by atoms with van der Waals surface area (Å²) in [5, 5.41) is 0. The smallest absolute Gasteiger partial charge is 0.119 e. The normalized spacial score (nSPS) is 17.5. The molecule has 1 heteroatoms. The summed E-state index contributed by atoms with van der Waals surface area (Å²) in [7, 11) is 0. The molecule has 19 heavy (non-hydrogen) atoms. The van der Waals surface area contributed by atoms with Crippen LogP contribution in [0.5, 0.6) is 5.75 Å². The van der Waals surface area contributed by atoms with Gasteiger partial charge in [0.05, 0.1) is 0 Å². The van der Waals surface area contributed by atoms with Gasteiger partial charge in [-0.2, -0.15) is 0 Å². The molecule has 0 heterocycles. The summed E-state index contributed by atoms with van der Waals surface area (Å²) >= 11 is 0. The Bertz CT molecular complexity index is 396. The summed E-state index contributed by atoms with van der Waals surface area (Å²) in [5.41, 5.74) is 2.88. The van der Waals surface area contributed by atoms with Crippen LogP contribution < -0.4 is 4.74 Å². The lowest BCUT2D eigenvalue weighted by Gasteiger charge is -2.22. The van der Waals surface area contributed by atoms with Crippen LogP contribution in [0.15, 0.2) is 35.9 Å². The van der Waals surface area contributed by atoms with Crippen molar-refractivity contribution in [2.75, 3.05) is 6.61 Å². The highest BCUT2D eigenvalue weighted by Crippen LogP contribution is 2.33. The third-order valence-corrected chi connectivity index (χ3v) is 4.20. The Kier molecular flexibility index (Phi) is 5.50. The molecule has 1 saturated carbocycles. The van der Waals surface area contributed by atoms with Gasteiger partial charge < -0.3 is 4.74 Å². The van der Waals surface area contributed by atoms with E-state index in [1.165, 1.54) is 43.2 Å². The van der Waals surface area contributed by atoms with Crippen LogP contribution in [0.25, 0.3) is 0 Å². The van der Waals surface area contributed by atoms with Gasteiger partial charge in [-0.05, 0) is 55.9 Å². The van der Waals surface area contributed by atoms with Crippen LogP contribution in [0.2, 0.25) is 0 Å². The van der Waals surface area contributed by atoms with E-state index < -0.39 is 0 Å². The van der Waals surface area contributed by atoms with Gasteiger partial charge in [0, 0.05) is 0 Å². The number of rotatable bonds is 5. The minimum atomic E-state index is 0.683. The van der Waals surface area contributed by atoms with Crippen molar-refractivity contribution in [1.82, 2.24) is 0 Å². The van der Waals surface area contributed by atoms with Crippen molar-refractivity contribution in [3.8, 4) is 5.75 Å². The van der Waals surface area contributed by atoms with Gasteiger partial charge in [-0.1, -0.05) is 43.9 Å². The van der Waals surface area contributed by atoms with Gasteiger partial charge in [0.1, 0.15) is 12.4 Å². The summed E-state index contributed by atoms with van der Waals surface area (Å²) in [6.07, 6.45) is 10.2. The fourth-order valence-corrected chi connectivity index (χ4v) is 2.70. The monoisotopic (exact) mass is 258 g/mol. The first kappa shape index (κ1) is 14.2. The van der Waals surface area contributed by atoms with Crippen LogP contribution >= 0.6 is 0 Å². The maximum Gasteiger partial charge on any atom is 0.119 e. The quantitative estimate of drug-likeness (QED) is 0.636. The predicted molar refractivity (Wildman–Crippen MR) is 81.8 cm³/mol. The molecule has 1 aromatic carbocycles. The SMILES string of the molecule is CCC(C)=CCOc1ccc(C2CCCCC2)cc1. The molecule has 0 radical (unpaired) electrons. The van der Waals surface area contributed by atoms with Crippen molar-refractivity contribution in [3.05, 3.63) is 41.5 Å². The minimum absolute atomic E-state index is 0.683. The van der Waals surface area contributed by atoms with E-state index in [1.807, 2.05) is 0 Å². The van der Waals surface area contributed by atoms with Crippen molar-refractivity contribution in [3.63, 3.8) is 0 Å². The average molecular weight is 258 g/mol. The highest BCUT2D eigenvalue weighted by Gasteiger charge is 2.14. The second-order valence-electron chi connectivity index (χ2n) is 5.62. The van der Waals surface area contributed by atoms with E-state index >= 15 is 0 Å². The molecule has 0 amide bonds. The molecule has 2 rings (SSSR count). The van der Waals surface area contributed by atoms with E-state index in [1.54, 1.807) is 0 Å². The molecule has 1 aromatic rings. The number of hydrogen-bond donors (Lipinski definition) is 0. The van der Waals surface area contributed by atoms with Crippen LogP contribution in [0.3, 0.4) is 0 Å². The van der Waals surface area contributed by atoms with Gasteiger partial charge in [-0.3, -0.25) is 0 Å². The maximum atomic E-state index is 5.74. The molecule has 0 unspecified atom stereocenters. The van der Waals surface area contributed by atoms with Gasteiger partial charge in [0.2, 0.25) is 0 Å². The predicted octanol–water partition coefficient (Wildman–Crippen LogP) is 5.47. The molecule has 0 aromatic heterocycles. The molecule has 0 atom stereocenters. The minimum Gasteiger partial charge on any atom is -0.490 e. The highest BCUT2D eigenvalue weighted by atomic mass is 16.5. The van der Waals surface area contributed by atoms with Gasteiger partial charge in [-0.25, -0.2) is 0 Å². The summed E-state index contributed by atoms with van der Waals surface area (Å²) in [4.78, 5) is 0. The third-order valence-electron chi connectivity index (χ3n) is 4.20. The Morgan fingerprint density at radius 3 is 2.47 bits per heavy atom. The highest BCUT2D eigenvalue weighted by molar-refractivity contribution is 5.29. The van der Waals surface area contributed by atoms with E-state index in [0.29, 0.717) is 6.61 Å². The molecular formula is C18H26O. The third kappa shape index (κ3) is 4.41. The Labute approximate surface area is 117 Å². The molecule has 0 aliphatic heterocycles. The number of allylic oxidation sites excluding steroid dienone is 1. The standard InChI is InChI=1S/C18H26O/c1-3-15(2)13-14-19-18-11-9-17(10-12-18)16-7-5-4-6-8-16/h9-13,16H,3-8,14H2,1-2H3. The molecule has 0 bridgehead atoms. The first-order valence-electron chi connectivity index (χ1n) is 7.68. The zero-order valence-corrected chi connectivity index (χ0v) is 12.3. The molecule has 0 saturated heterocycles. The summed E-state index contributed by atoms with van der Waals surface area (Å²) in [6.45, 7) is 5.00. The van der Waals surface area contributed by atoms with E-state index in [-0.39, 0.29) is 0 Å². The number of benzene rings is 1. The van der Waals surface area contributed by atoms with E-state index in [0.717, 1.165) is 18.1 Å². The fourth-order valence-electron chi connectivity index (χ4n) is 2.70. The van der Waals surface area contributed by atoms with Gasteiger partial charge in [-0.15, -0.1) is 0 Å². The Balaban J connectivity index is 1.87. The lowest BCUT2D eigenvalue weighted by molar-refractivity contribution is 0.361. The van der Waals surface area contributed by atoms with Crippen molar-refractivity contribution < 1.29 is 4.74 Å². The molecular weight excluding hydrogens is 232 g/mol. The summed E-state index contributed by atoms with van der Waals surface area (Å²) < 4.78 is 5.74. The Hall–Kier alpha value is -1.24. The number of hydrogen-bond acceptors (Lipinski definition) is 1. The van der Waals surface area contributed by atoms with E-state index in [9.17, 15) is 0 Å². The van der Waals surface area contributed by atoms with Crippen LogP contribution in [-0.2, 0) is 0 Å². The van der Waals surface area contributed by atoms with E-state index in [2.05, 4.69) is 44.2 Å². The first-order chi connectivity index (χ1) is 9.29. The van der Waals surface area contributed by atoms with Crippen molar-refractivity contribution in [2.24, 2.45) is 0 Å². The Morgan fingerprint density at radius 1 is 1.16 bits per heavy atom. The average Bonchev–Trinajstić information content (AvgIpc) is 2.48. The van der Waals surface area contributed by atoms with Crippen LogP contribution in [0.1, 0.15) is 63.9 Å². The van der Waals surface area contributed by atoms with Gasteiger partial charge >= 0.3 is 0 Å². The topological polar surface area (TPSA) is 9.23 Å². The van der Waals surface area contributed by atoms with Crippen molar-refractivity contribution >= 4 is 0 Å². The van der Waals surface area contributed by atoms with Gasteiger partial charge in [0.15, 0.2) is 0 Å². The molecule has 1 nitrogen and oxygen atoms in total. The van der Waals surface area contributed by atoms with Gasteiger partial charge in [0.25, 0.3) is 0 Å². The maximum absolute atomic E-state index is 5.74. The molecule has 104 valence electrons. The zero-order chi connectivity index (χ0) is 13.5. The first-order valence-corrected chi connectivity index (χ1v) is 7.68. The number of ether oxygens (including phenoxy) is 1.